The number of anilines is 1. The van der Waals surface area contributed by atoms with Crippen LogP contribution in [0.1, 0.15) is 37.3 Å². The molecule has 2 fully saturated rings. The summed E-state index contributed by atoms with van der Waals surface area (Å²) in [6, 6.07) is 15.2. The lowest BCUT2D eigenvalue weighted by molar-refractivity contribution is 0.0529. The van der Waals surface area contributed by atoms with Gasteiger partial charge in [0.1, 0.15) is 5.82 Å². The van der Waals surface area contributed by atoms with E-state index in [2.05, 4.69) is 81.4 Å². The lowest BCUT2D eigenvalue weighted by atomic mass is 9.82. The van der Waals surface area contributed by atoms with Gasteiger partial charge in [0.15, 0.2) is 5.96 Å². The summed E-state index contributed by atoms with van der Waals surface area (Å²) in [5.74, 6) is 3.22. The van der Waals surface area contributed by atoms with E-state index >= 15 is 0 Å². The van der Waals surface area contributed by atoms with Crippen molar-refractivity contribution in [2.75, 3.05) is 44.7 Å². The first-order chi connectivity index (χ1) is 15.1. The van der Waals surface area contributed by atoms with Gasteiger partial charge in [-0.25, -0.2) is 4.98 Å². The number of guanidine groups is 1. The minimum Gasteiger partial charge on any atom is -0.375 e. The molecule has 31 heavy (non-hydrogen) atoms. The zero-order chi connectivity index (χ0) is 21.6. The number of nitrogens with one attached hydrogen (secondary N) is 1. The molecule has 2 aliphatic rings. The number of pyridine rings is 1. The number of aromatic nitrogens is 1. The van der Waals surface area contributed by atoms with Gasteiger partial charge in [-0.3, -0.25) is 4.99 Å². The molecule has 0 bridgehead atoms. The molecule has 0 saturated carbocycles. The van der Waals surface area contributed by atoms with Gasteiger partial charge in [0.25, 0.3) is 0 Å². The molecule has 3 heterocycles. The number of rotatable bonds is 4. The number of hydrogen-bond donors (Lipinski definition) is 1. The standard InChI is InChI=1S/C25H35N5O/c1-19-17-30(12-10-23(19)22-7-5-4-6-8-22)25(26-3)28-16-21-9-11-27-24(15-21)29-13-14-31-20(2)18-29/h4-9,11,15,19-20,23H,10,12-14,16-18H2,1-3H3,(H,26,28). The minimum absolute atomic E-state index is 0.247. The predicted octanol–water partition coefficient (Wildman–Crippen LogP) is 3.51. The summed E-state index contributed by atoms with van der Waals surface area (Å²) in [4.78, 5) is 13.9. The fourth-order valence-electron chi connectivity index (χ4n) is 4.82. The van der Waals surface area contributed by atoms with Gasteiger partial charge < -0.3 is 19.9 Å². The van der Waals surface area contributed by atoms with Crippen LogP contribution < -0.4 is 10.2 Å². The van der Waals surface area contributed by atoms with Crippen molar-refractivity contribution in [1.82, 2.24) is 15.2 Å². The van der Waals surface area contributed by atoms with Gasteiger partial charge in [-0.2, -0.15) is 0 Å². The smallest absolute Gasteiger partial charge is 0.193 e. The van der Waals surface area contributed by atoms with Crippen molar-refractivity contribution in [3.8, 4) is 0 Å². The molecule has 0 radical (unpaired) electrons. The molecule has 0 aliphatic carbocycles. The van der Waals surface area contributed by atoms with E-state index in [1.165, 1.54) is 11.1 Å². The Hall–Kier alpha value is -2.60. The van der Waals surface area contributed by atoms with Gasteiger partial charge in [0.2, 0.25) is 0 Å². The van der Waals surface area contributed by atoms with E-state index in [9.17, 15) is 0 Å². The molecule has 6 nitrogen and oxygen atoms in total. The van der Waals surface area contributed by atoms with Crippen molar-refractivity contribution in [1.29, 1.82) is 0 Å². The van der Waals surface area contributed by atoms with E-state index in [1.807, 2.05) is 13.2 Å². The third kappa shape index (κ3) is 5.37. The largest absolute Gasteiger partial charge is 0.375 e. The number of benzene rings is 1. The average Bonchev–Trinajstić information content (AvgIpc) is 2.80. The number of likely N-dealkylation sites (tertiary alicyclic amines) is 1. The van der Waals surface area contributed by atoms with Crippen LogP contribution in [0.4, 0.5) is 5.82 Å². The number of nitrogens with zero attached hydrogens (tertiary/aromatic N) is 4. The van der Waals surface area contributed by atoms with Crippen LogP contribution in [0.3, 0.4) is 0 Å². The maximum Gasteiger partial charge on any atom is 0.193 e. The number of hydrogen-bond acceptors (Lipinski definition) is 4. The molecule has 2 saturated heterocycles. The molecule has 6 heteroatoms. The van der Waals surface area contributed by atoms with Gasteiger partial charge in [0, 0.05) is 46.0 Å². The Bertz CT molecular complexity index is 871. The SMILES string of the molecule is CN=C(NCc1ccnc(N2CCOC(C)C2)c1)N1CCC(c2ccccc2)C(C)C1. The van der Waals surface area contributed by atoms with Gasteiger partial charge in [-0.05, 0) is 48.4 Å². The van der Waals surface area contributed by atoms with Gasteiger partial charge in [-0.15, -0.1) is 0 Å². The fraction of sp³-hybridized carbons (Fsp3) is 0.520. The van der Waals surface area contributed by atoms with Crippen LogP contribution in [-0.2, 0) is 11.3 Å². The topological polar surface area (TPSA) is 53.0 Å². The van der Waals surface area contributed by atoms with Crippen LogP contribution in [0.5, 0.6) is 0 Å². The molecule has 2 aliphatic heterocycles. The van der Waals surface area contributed by atoms with Crippen LogP contribution >= 0.6 is 0 Å². The number of morpholine rings is 1. The zero-order valence-corrected chi connectivity index (χ0v) is 19.0. The van der Waals surface area contributed by atoms with E-state index in [0.29, 0.717) is 11.8 Å². The molecule has 1 N–H and O–H groups in total. The van der Waals surface area contributed by atoms with Crippen LogP contribution in [0, 0.1) is 5.92 Å². The molecule has 0 spiro atoms. The van der Waals surface area contributed by atoms with Crippen LogP contribution in [0.2, 0.25) is 0 Å². The summed E-state index contributed by atoms with van der Waals surface area (Å²) in [6.45, 7) is 9.80. The molecular weight excluding hydrogens is 386 g/mol. The van der Waals surface area contributed by atoms with Crippen molar-refractivity contribution in [2.45, 2.75) is 38.8 Å². The Balaban J connectivity index is 1.34. The van der Waals surface area contributed by atoms with Gasteiger partial charge in [-0.1, -0.05) is 37.3 Å². The Labute approximate surface area is 186 Å². The number of ether oxygens (including phenoxy) is 1. The van der Waals surface area contributed by atoms with Crippen LogP contribution in [0.25, 0.3) is 0 Å². The first kappa shape index (κ1) is 21.6. The van der Waals surface area contributed by atoms with E-state index in [0.717, 1.165) is 57.5 Å². The first-order valence-electron chi connectivity index (χ1n) is 11.5. The summed E-state index contributed by atoms with van der Waals surface area (Å²) in [5.41, 5.74) is 2.68. The second-order valence-electron chi connectivity index (χ2n) is 8.78. The lowest BCUT2D eigenvalue weighted by Crippen LogP contribution is -2.47. The zero-order valence-electron chi connectivity index (χ0n) is 19.0. The Morgan fingerprint density at radius 2 is 2.00 bits per heavy atom. The predicted molar refractivity (Wildman–Crippen MR) is 127 cm³/mol. The van der Waals surface area contributed by atoms with Crippen LogP contribution in [-0.4, -0.2) is 61.8 Å². The van der Waals surface area contributed by atoms with E-state index in [1.54, 1.807) is 0 Å². The highest BCUT2D eigenvalue weighted by atomic mass is 16.5. The van der Waals surface area contributed by atoms with Crippen molar-refractivity contribution >= 4 is 11.8 Å². The maximum atomic E-state index is 5.66. The molecule has 166 valence electrons. The molecule has 1 aromatic heterocycles. The second kappa shape index (κ2) is 10.1. The summed E-state index contributed by atoms with van der Waals surface area (Å²) < 4.78 is 5.66. The number of aliphatic imine (C=N–C) groups is 1. The molecule has 2 aromatic rings. The Morgan fingerprint density at radius 3 is 2.74 bits per heavy atom. The number of piperidine rings is 1. The molecule has 0 amide bonds. The molecule has 3 atom stereocenters. The minimum atomic E-state index is 0.247. The highest BCUT2D eigenvalue weighted by molar-refractivity contribution is 5.80. The Kier molecular flexibility index (Phi) is 7.07. The summed E-state index contributed by atoms with van der Waals surface area (Å²) in [7, 11) is 1.88. The average molecular weight is 422 g/mol. The molecule has 4 rings (SSSR count). The molecule has 1 aromatic carbocycles. The lowest BCUT2D eigenvalue weighted by Gasteiger charge is -2.39. The monoisotopic (exact) mass is 421 g/mol. The van der Waals surface area contributed by atoms with Crippen molar-refractivity contribution in [3.05, 3.63) is 59.8 Å². The summed E-state index contributed by atoms with van der Waals surface area (Å²) in [5, 5.41) is 3.57. The first-order valence-corrected chi connectivity index (χ1v) is 11.5. The van der Waals surface area contributed by atoms with E-state index < -0.39 is 0 Å². The third-order valence-electron chi connectivity index (χ3n) is 6.47. The third-order valence-corrected chi connectivity index (χ3v) is 6.47. The second-order valence-corrected chi connectivity index (χ2v) is 8.78. The highest BCUT2D eigenvalue weighted by Gasteiger charge is 2.28. The van der Waals surface area contributed by atoms with Crippen LogP contribution in [0.15, 0.2) is 53.7 Å². The summed E-state index contributed by atoms with van der Waals surface area (Å²) in [6.07, 6.45) is 3.31. The molecule has 3 unspecified atom stereocenters. The quantitative estimate of drug-likeness (QED) is 0.605. The van der Waals surface area contributed by atoms with Crippen molar-refractivity contribution in [2.24, 2.45) is 10.9 Å². The fourth-order valence-corrected chi connectivity index (χ4v) is 4.82. The highest BCUT2D eigenvalue weighted by Crippen LogP contribution is 2.32. The van der Waals surface area contributed by atoms with Gasteiger partial charge in [0.05, 0.1) is 12.7 Å². The molecular formula is C25H35N5O. The summed E-state index contributed by atoms with van der Waals surface area (Å²) >= 11 is 0. The van der Waals surface area contributed by atoms with Crippen molar-refractivity contribution < 1.29 is 4.74 Å². The van der Waals surface area contributed by atoms with E-state index in [-0.39, 0.29) is 6.10 Å². The van der Waals surface area contributed by atoms with Crippen molar-refractivity contribution in [3.63, 3.8) is 0 Å². The Morgan fingerprint density at radius 1 is 1.16 bits per heavy atom. The maximum absolute atomic E-state index is 5.66. The van der Waals surface area contributed by atoms with E-state index in [4.69, 9.17) is 4.74 Å². The normalized spacial score (nSPS) is 24.9. The van der Waals surface area contributed by atoms with Gasteiger partial charge >= 0.3 is 0 Å².